The summed E-state index contributed by atoms with van der Waals surface area (Å²) in [4.78, 5) is 11.5. The molecule has 2 N–H and O–H groups in total. The number of rotatable bonds is 5. The maximum Gasteiger partial charge on any atom is 0.224 e. The van der Waals surface area contributed by atoms with Crippen molar-refractivity contribution in [3.63, 3.8) is 0 Å². The molecule has 4 nitrogen and oxygen atoms in total. The van der Waals surface area contributed by atoms with Crippen molar-refractivity contribution in [3.05, 3.63) is 22.7 Å². The number of halogens is 1. The molecule has 0 unspecified atom stereocenters. The number of ether oxygens (including phenoxy) is 1. The molecule has 0 fully saturated rings. The highest BCUT2D eigenvalue weighted by atomic mass is 35.5. The van der Waals surface area contributed by atoms with Gasteiger partial charge < -0.3 is 15.2 Å². The second kappa shape index (κ2) is 6.47. The number of amides is 1. The molecule has 0 aliphatic heterocycles. The zero-order valence-electron chi connectivity index (χ0n) is 9.92. The highest BCUT2D eigenvalue weighted by Crippen LogP contribution is 2.32. The number of aliphatic hydroxyl groups excluding tert-OH is 1. The highest BCUT2D eigenvalue weighted by molar-refractivity contribution is 6.31. The molecule has 0 radical (unpaired) electrons. The van der Waals surface area contributed by atoms with E-state index in [2.05, 4.69) is 5.32 Å². The van der Waals surface area contributed by atoms with Crippen LogP contribution < -0.4 is 10.1 Å². The summed E-state index contributed by atoms with van der Waals surface area (Å²) in [6.07, 6.45) is 0.707. The van der Waals surface area contributed by atoms with E-state index >= 15 is 0 Å². The second-order valence-corrected chi connectivity index (χ2v) is 4.12. The SMILES string of the molecule is COc1c(C)cc(Cl)cc1NC(=O)CCCO. The van der Waals surface area contributed by atoms with Crippen molar-refractivity contribution in [2.45, 2.75) is 19.8 Å². The van der Waals surface area contributed by atoms with Crippen LogP contribution >= 0.6 is 11.6 Å². The molecule has 17 heavy (non-hydrogen) atoms. The van der Waals surface area contributed by atoms with E-state index < -0.39 is 0 Å². The minimum Gasteiger partial charge on any atom is -0.494 e. The van der Waals surface area contributed by atoms with E-state index in [0.29, 0.717) is 22.9 Å². The fraction of sp³-hybridized carbons (Fsp3) is 0.417. The Morgan fingerprint density at radius 2 is 2.24 bits per heavy atom. The molecular weight excluding hydrogens is 242 g/mol. The van der Waals surface area contributed by atoms with E-state index in [1.165, 1.54) is 0 Å². The smallest absolute Gasteiger partial charge is 0.224 e. The molecule has 0 bridgehead atoms. The van der Waals surface area contributed by atoms with Crippen molar-refractivity contribution < 1.29 is 14.6 Å². The number of hydrogen-bond acceptors (Lipinski definition) is 3. The molecule has 0 heterocycles. The van der Waals surface area contributed by atoms with Gasteiger partial charge in [-0.25, -0.2) is 0 Å². The lowest BCUT2D eigenvalue weighted by atomic mass is 10.2. The second-order valence-electron chi connectivity index (χ2n) is 3.68. The van der Waals surface area contributed by atoms with Crippen molar-refractivity contribution in [3.8, 4) is 5.75 Å². The van der Waals surface area contributed by atoms with Gasteiger partial charge in [0.15, 0.2) is 0 Å². The molecule has 0 atom stereocenters. The van der Waals surface area contributed by atoms with Gasteiger partial charge in [0, 0.05) is 18.1 Å². The van der Waals surface area contributed by atoms with Crippen LogP contribution in [0.2, 0.25) is 5.02 Å². The molecular formula is C12H16ClNO3. The van der Waals surface area contributed by atoms with Crippen LogP contribution in [0.4, 0.5) is 5.69 Å². The third kappa shape index (κ3) is 3.91. The normalized spacial score (nSPS) is 10.1. The summed E-state index contributed by atoms with van der Waals surface area (Å²) in [5.41, 5.74) is 1.41. The first-order valence-electron chi connectivity index (χ1n) is 5.33. The third-order valence-electron chi connectivity index (χ3n) is 2.28. The number of aliphatic hydroxyl groups is 1. The predicted molar refractivity (Wildman–Crippen MR) is 67.7 cm³/mol. The summed E-state index contributed by atoms with van der Waals surface area (Å²) in [6, 6.07) is 3.41. The Balaban J connectivity index is 2.85. The number of carbonyl (C=O) groups is 1. The molecule has 1 rings (SSSR count). The van der Waals surface area contributed by atoms with E-state index in [-0.39, 0.29) is 18.9 Å². The van der Waals surface area contributed by atoms with Crippen LogP contribution in [0.15, 0.2) is 12.1 Å². The van der Waals surface area contributed by atoms with Crippen molar-refractivity contribution >= 4 is 23.2 Å². The molecule has 1 aromatic carbocycles. The summed E-state index contributed by atoms with van der Waals surface area (Å²) in [7, 11) is 1.54. The first-order chi connectivity index (χ1) is 8.08. The lowest BCUT2D eigenvalue weighted by Crippen LogP contribution is -2.13. The van der Waals surface area contributed by atoms with Crippen LogP contribution in [-0.4, -0.2) is 24.7 Å². The number of benzene rings is 1. The monoisotopic (exact) mass is 257 g/mol. The van der Waals surface area contributed by atoms with Gasteiger partial charge in [-0.3, -0.25) is 4.79 Å². The van der Waals surface area contributed by atoms with Gasteiger partial charge in [-0.2, -0.15) is 0 Å². The molecule has 0 aliphatic rings. The van der Waals surface area contributed by atoms with Crippen LogP contribution in [0.5, 0.6) is 5.75 Å². The summed E-state index contributed by atoms with van der Waals surface area (Å²) in [5.74, 6) is 0.436. The van der Waals surface area contributed by atoms with Crippen LogP contribution in [0.3, 0.4) is 0 Å². The molecule has 1 amide bonds. The fourth-order valence-electron chi connectivity index (χ4n) is 1.55. The van der Waals surface area contributed by atoms with Crippen molar-refractivity contribution in [1.29, 1.82) is 0 Å². The lowest BCUT2D eigenvalue weighted by molar-refractivity contribution is -0.116. The fourth-order valence-corrected chi connectivity index (χ4v) is 1.82. The first-order valence-corrected chi connectivity index (χ1v) is 5.71. The Morgan fingerprint density at radius 3 is 2.82 bits per heavy atom. The average molecular weight is 258 g/mol. The zero-order chi connectivity index (χ0) is 12.8. The van der Waals surface area contributed by atoms with E-state index in [1.54, 1.807) is 19.2 Å². The quantitative estimate of drug-likeness (QED) is 0.851. The number of carbonyl (C=O) groups excluding carboxylic acids is 1. The van der Waals surface area contributed by atoms with Gasteiger partial charge in [-0.1, -0.05) is 11.6 Å². The Labute approximate surface area is 106 Å². The summed E-state index contributed by atoms with van der Waals surface area (Å²) in [6.45, 7) is 1.85. The Hall–Kier alpha value is -1.26. The molecule has 0 saturated heterocycles. The predicted octanol–water partition coefficient (Wildman–Crippen LogP) is 2.37. The van der Waals surface area contributed by atoms with Crippen LogP contribution in [0.1, 0.15) is 18.4 Å². The lowest BCUT2D eigenvalue weighted by Gasteiger charge is -2.13. The van der Waals surface area contributed by atoms with Gasteiger partial charge in [0.1, 0.15) is 5.75 Å². The van der Waals surface area contributed by atoms with Crippen LogP contribution in [-0.2, 0) is 4.79 Å². The highest BCUT2D eigenvalue weighted by Gasteiger charge is 2.11. The van der Waals surface area contributed by atoms with E-state index in [4.69, 9.17) is 21.4 Å². The Bertz CT molecular complexity index is 407. The van der Waals surface area contributed by atoms with Crippen LogP contribution in [0.25, 0.3) is 0 Å². The van der Waals surface area contributed by atoms with E-state index in [0.717, 1.165) is 5.56 Å². The largest absolute Gasteiger partial charge is 0.494 e. The molecule has 0 aromatic heterocycles. The average Bonchev–Trinajstić information content (AvgIpc) is 2.25. The molecule has 1 aromatic rings. The third-order valence-corrected chi connectivity index (χ3v) is 2.50. The molecule has 5 heteroatoms. The van der Waals surface area contributed by atoms with Gasteiger partial charge >= 0.3 is 0 Å². The number of hydrogen-bond donors (Lipinski definition) is 2. The number of methoxy groups -OCH3 is 1. The topological polar surface area (TPSA) is 58.6 Å². The molecule has 0 aliphatic carbocycles. The van der Waals surface area contributed by atoms with Crippen LogP contribution in [0, 0.1) is 6.92 Å². The maximum absolute atomic E-state index is 11.5. The summed E-state index contributed by atoms with van der Waals surface area (Å²) < 4.78 is 5.21. The van der Waals surface area contributed by atoms with Gasteiger partial charge in [-0.15, -0.1) is 0 Å². The molecule has 94 valence electrons. The Kier molecular flexibility index (Phi) is 5.25. The number of aryl methyl sites for hydroxylation is 1. The minimum atomic E-state index is -0.168. The number of nitrogens with one attached hydrogen (secondary N) is 1. The molecule has 0 saturated carbocycles. The number of anilines is 1. The van der Waals surface area contributed by atoms with Crippen molar-refractivity contribution in [1.82, 2.24) is 0 Å². The first kappa shape index (κ1) is 13.8. The van der Waals surface area contributed by atoms with Gasteiger partial charge in [0.2, 0.25) is 5.91 Å². The zero-order valence-corrected chi connectivity index (χ0v) is 10.7. The molecule has 0 spiro atoms. The van der Waals surface area contributed by atoms with Gasteiger partial charge in [0.25, 0.3) is 0 Å². The van der Waals surface area contributed by atoms with Crippen molar-refractivity contribution in [2.24, 2.45) is 0 Å². The summed E-state index contributed by atoms with van der Waals surface area (Å²) in [5, 5.41) is 11.9. The Morgan fingerprint density at radius 1 is 1.53 bits per heavy atom. The maximum atomic E-state index is 11.5. The van der Waals surface area contributed by atoms with Crippen molar-refractivity contribution in [2.75, 3.05) is 19.0 Å². The van der Waals surface area contributed by atoms with Gasteiger partial charge in [-0.05, 0) is 31.0 Å². The minimum absolute atomic E-state index is 0.000865. The standard InChI is InChI=1S/C12H16ClNO3/c1-8-6-9(13)7-10(12(8)17-2)14-11(16)4-3-5-15/h6-7,15H,3-5H2,1-2H3,(H,14,16). The van der Waals surface area contributed by atoms with E-state index in [1.807, 2.05) is 6.92 Å². The van der Waals surface area contributed by atoms with E-state index in [9.17, 15) is 4.79 Å². The van der Waals surface area contributed by atoms with Gasteiger partial charge in [0.05, 0.1) is 12.8 Å². The summed E-state index contributed by atoms with van der Waals surface area (Å²) >= 11 is 5.92.